The molecule has 0 saturated heterocycles. The summed E-state index contributed by atoms with van der Waals surface area (Å²) in [6.45, 7) is 13.3. The van der Waals surface area contributed by atoms with Crippen LogP contribution in [0.3, 0.4) is 0 Å². The number of para-hydroxylation sites is 1. The van der Waals surface area contributed by atoms with Crippen LogP contribution in [-0.4, -0.2) is 4.57 Å². The third kappa shape index (κ3) is 8.57. The second kappa shape index (κ2) is 18.9. The van der Waals surface area contributed by atoms with E-state index in [4.69, 9.17) is 9.47 Å². The maximum absolute atomic E-state index is 6.54. The van der Waals surface area contributed by atoms with Crippen molar-refractivity contribution >= 4 is 51.0 Å². The first-order valence-corrected chi connectivity index (χ1v) is 25.0. The molecular formula is C69H54N2O2. The Hall–Kier alpha value is -9.12. The molecular weight excluding hydrogens is 889 g/mol. The molecule has 11 aromatic rings. The van der Waals surface area contributed by atoms with Crippen molar-refractivity contribution in [1.82, 2.24) is 4.57 Å². The van der Waals surface area contributed by atoms with Crippen LogP contribution in [0.25, 0.3) is 73.0 Å². The lowest BCUT2D eigenvalue weighted by molar-refractivity contribution is 0.290. The molecule has 1 heterocycles. The van der Waals surface area contributed by atoms with Gasteiger partial charge in [0.2, 0.25) is 0 Å². The fourth-order valence-corrected chi connectivity index (χ4v) is 10.6. The molecule has 0 N–H and O–H groups in total. The van der Waals surface area contributed by atoms with Crippen LogP contribution >= 0.6 is 0 Å². The molecule has 4 heteroatoms. The van der Waals surface area contributed by atoms with E-state index in [1.165, 1.54) is 38.8 Å². The lowest BCUT2D eigenvalue weighted by Crippen LogP contribution is -2.16. The molecule has 4 nitrogen and oxygen atoms in total. The number of hydrogen-bond donors (Lipinski definition) is 0. The molecule has 1 aromatic heterocycles. The van der Waals surface area contributed by atoms with Gasteiger partial charge in [0, 0.05) is 51.4 Å². The summed E-state index contributed by atoms with van der Waals surface area (Å²) in [5.74, 6) is 1.44. The summed E-state index contributed by atoms with van der Waals surface area (Å²) in [5, 5.41) is 2.33. The van der Waals surface area contributed by atoms with Gasteiger partial charge in [-0.15, -0.1) is 0 Å². The lowest BCUT2D eigenvalue weighted by Gasteiger charge is -2.28. The van der Waals surface area contributed by atoms with Crippen LogP contribution in [0.2, 0.25) is 0 Å². The lowest BCUT2D eigenvalue weighted by atomic mass is 9.82. The quantitative estimate of drug-likeness (QED) is 0.109. The average Bonchev–Trinajstić information content (AvgIpc) is 3.90. The van der Waals surface area contributed by atoms with Gasteiger partial charge >= 0.3 is 0 Å². The zero-order valence-electron chi connectivity index (χ0n) is 41.1. The Bertz CT molecular complexity index is 3750. The minimum Gasteiger partial charge on any atom is -0.489 e. The molecule has 0 fully saturated rings. The zero-order chi connectivity index (χ0) is 49.5. The third-order valence-corrected chi connectivity index (χ3v) is 14.6. The van der Waals surface area contributed by atoms with Gasteiger partial charge < -0.3 is 18.9 Å². The highest BCUT2D eigenvalue weighted by Crippen LogP contribution is 2.51. The first-order valence-electron chi connectivity index (χ1n) is 25.0. The van der Waals surface area contributed by atoms with E-state index < -0.39 is 0 Å². The summed E-state index contributed by atoms with van der Waals surface area (Å²) in [4.78, 5) is 2.39. The second-order valence-electron chi connectivity index (χ2n) is 19.4. The van der Waals surface area contributed by atoms with E-state index in [-0.39, 0.29) is 5.41 Å². The van der Waals surface area contributed by atoms with Crippen molar-refractivity contribution in [3.05, 3.63) is 277 Å². The number of anilines is 3. The van der Waals surface area contributed by atoms with Crippen molar-refractivity contribution in [1.29, 1.82) is 0 Å². The van der Waals surface area contributed by atoms with E-state index >= 15 is 0 Å². The number of rotatable bonds is 14. The number of nitrogens with zero attached hydrogens (tertiary/aromatic N) is 2. The predicted octanol–water partition coefficient (Wildman–Crippen LogP) is 18.3. The monoisotopic (exact) mass is 942 g/mol. The zero-order valence-corrected chi connectivity index (χ0v) is 41.1. The Morgan fingerprint density at radius 1 is 0.425 bits per heavy atom. The number of aromatic nitrogens is 1. The van der Waals surface area contributed by atoms with Crippen molar-refractivity contribution in [2.24, 2.45) is 0 Å². The highest BCUT2D eigenvalue weighted by molar-refractivity contribution is 6.10. The summed E-state index contributed by atoms with van der Waals surface area (Å²) in [6.07, 6.45) is 3.70. The van der Waals surface area contributed by atoms with E-state index in [1.807, 2.05) is 18.2 Å². The molecule has 352 valence electrons. The molecule has 1 aliphatic carbocycles. The molecule has 12 rings (SSSR count). The average molecular weight is 943 g/mol. The molecule has 0 unspecified atom stereocenters. The Morgan fingerprint density at radius 3 is 1.56 bits per heavy atom. The molecule has 1 aliphatic rings. The number of ether oxygens (including phenoxy) is 2. The van der Waals surface area contributed by atoms with Crippen molar-refractivity contribution in [2.45, 2.75) is 32.5 Å². The van der Waals surface area contributed by atoms with E-state index in [0.29, 0.717) is 13.2 Å². The summed E-state index contributed by atoms with van der Waals surface area (Å²) in [6, 6.07) is 82.7. The number of fused-ring (bicyclic) bond motifs is 6. The topological polar surface area (TPSA) is 26.6 Å². The van der Waals surface area contributed by atoms with Gasteiger partial charge in [-0.3, -0.25) is 0 Å². The third-order valence-electron chi connectivity index (χ3n) is 14.6. The van der Waals surface area contributed by atoms with Crippen molar-refractivity contribution < 1.29 is 9.47 Å². The molecule has 0 atom stereocenters. The Kier molecular flexibility index (Phi) is 11.7. The first kappa shape index (κ1) is 45.0. The van der Waals surface area contributed by atoms with Crippen molar-refractivity contribution in [2.75, 3.05) is 4.90 Å². The number of hydrogen-bond acceptors (Lipinski definition) is 3. The molecule has 0 amide bonds. The fraction of sp³-hybridized carbons (Fsp3) is 0.0725. The molecule has 0 saturated carbocycles. The second-order valence-corrected chi connectivity index (χ2v) is 19.4. The smallest absolute Gasteiger partial charge is 0.125 e. The van der Waals surface area contributed by atoms with E-state index in [9.17, 15) is 0 Å². The minimum absolute atomic E-state index is 0.124. The van der Waals surface area contributed by atoms with E-state index in [0.717, 1.165) is 84.0 Å². The largest absolute Gasteiger partial charge is 0.489 e. The highest BCUT2D eigenvalue weighted by atomic mass is 16.5. The molecule has 0 bridgehead atoms. The van der Waals surface area contributed by atoms with Crippen LogP contribution in [0.5, 0.6) is 11.5 Å². The molecule has 10 aromatic carbocycles. The van der Waals surface area contributed by atoms with Gasteiger partial charge in [-0.1, -0.05) is 197 Å². The van der Waals surface area contributed by atoms with Crippen molar-refractivity contribution in [3.8, 4) is 50.6 Å². The summed E-state index contributed by atoms with van der Waals surface area (Å²) in [5.41, 5.74) is 20.6. The first-order chi connectivity index (χ1) is 35.8. The van der Waals surface area contributed by atoms with Crippen LogP contribution in [0.1, 0.15) is 47.2 Å². The van der Waals surface area contributed by atoms with Crippen LogP contribution in [0.4, 0.5) is 17.1 Å². The summed E-state index contributed by atoms with van der Waals surface area (Å²) >= 11 is 0. The summed E-state index contributed by atoms with van der Waals surface area (Å²) in [7, 11) is 0. The van der Waals surface area contributed by atoms with Crippen LogP contribution < -0.4 is 14.4 Å². The van der Waals surface area contributed by atoms with Gasteiger partial charge in [0.05, 0.1) is 16.7 Å². The molecule has 0 radical (unpaired) electrons. The van der Waals surface area contributed by atoms with E-state index in [1.54, 1.807) is 0 Å². The van der Waals surface area contributed by atoms with Crippen LogP contribution in [0, 0.1) is 0 Å². The number of benzene rings is 10. The Morgan fingerprint density at radius 2 is 0.932 bits per heavy atom. The van der Waals surface area contributed by atoms with Gasteiger partial charge in [-0.05, 0) is 121 Å². The Balaban J connectivity index is 0.905. The standard InChI is InChI=1S/C69H54N2O2/c1-5-47-20-24-49(25-21-47)45-72-59-41-58(42-60(44-59)73-46-50-26-22-48(6-2)23-27-50)71-67-19-13-11-17-63(67)64-40-54(32-39-68(64)71)53-30-35-56(36-31-53)70(55-33-28-52(29-34-55)51-14-8-7-9-15-51)57-37-38-62-61-16-10-12-18-65(61)69(3,4)66(62)43-57/h5-44H,1-2,45-46H2,3-4H3. The summed E-state index contributed by atoms with van der Waals surface area (Å²) < 4.78 is 15.4. The van der Waals surface area contributed by atoms with Crippen molar-refractivity contribution in [3.63, 3.8) is 0 Å². The van der Waals surface area contributed by atoms with E-state index in [2.05, 4.69) is 261 Å². The van der Waals surface area contributed by atoms with Gasteiger partial charge in [0.15, 0.2) is 0 Å². The molecule has 0 aliphatic heterocycles. The van der Waals surface area contributed by atoms with Crippen LogP contribution in [-0.2, 0) is 18.6 Å². The van der Waals surface area contributed by atoms with Gasteiger partial charge in [0.25, 0.3) is 0 Å². The van der Waals surface area contributed by atoms with Crippen LogP contribution in [0.15, 0.2) is 244 Å². The Labute approximate surface area is 428 Å². The molecule has 73 heavy (non-hydrogen) atoms. The SMILES string of the molecule is C=Cc1ccc(COc2cc(OCc3ccc(C=C)cc3)cc(-n3c4ccccc4c4cc(-c5ccc(N(c6ccc(-c7ccccc7)cc6)c6ccc7c(c6)C(C)(C)c6ccccc6-7)cc5)ccc43)c2)cc1. The normalized spacial score (nSPS) is 12.3. The van der Waals surface area contributed by atoms with Gasteiger partial charge in [-0.25, -0.2) is 0 Å². The van der Waals surface area contributed by atoms with Gasteiger partial charge in [0.1, 0.15) is 24.7 Å². The maximum atomic E-state index is 6.54. The maximum Gasteiger partial charge on any atom is 0.125 e. The minimum atomic E-state index is -0.124. The highest BCUT2D eigenvalue weighted by Gasteiger charge is 2.35. The molecule has 0 spiro atoms. The van der Waals surface area contributed by atoms with Gasteiger partial charge in [-0.2, -0.15) is 0 Å². The fourth-order valence-electron chi connectivity index (χ4n) is 10.6. The predicted molar refractivity (Wildman–Crippen MR) is 306 cm³/mol.